The van der Waals surface area contributed by atoms with Crippen LogP contribution in [-0.2, 0) is 4.79 Å². The Morgan fingerprint density at radius 2 is 2.35 bits per heavy atom. The van der Waals surface area contributed by atoms with Crippen LogP contribution < -0.4 is 10.6 Å². The van der Waals surface area contributed by atoms with E-state index in [9.17, 15) is 4.79 Å². The van der Waals surface area contributed by atoms with Gasteiger partial charge in [0.05, 0.1) is 11.6 Å². The second kappa shape index (κ2) is 7.29. The second-order valence-electron chi connectivity index (χ2n) is 4.73. The number of nitrogens with zero attached hydrogens (tertiary/aromatic N) is 1. The van der Waals surface area contributed by atoms with Crippen LogP contribution in [0.1, 0.15) is 51.9 Å². The summed E-state index contributed by atoms with van der Waals surface area (Å²) in [5, 5.41) is 14.8. The summed E-state index contributed by atoms with van der Waals surface area (Å²) in [6, 6.07) is 2.11. The minimum absolute atomic E-state index is 0.147. The highest BCUT2D eigenvalue weighted by atomic mass is 16.2. The minimum Gasteiger partial charge on any atom is -0.354 e. The van der Waals surface area contributed by atoms with Gasteiger partial charge < -0.3 is 10.6 Å². The maximum Gasteiger partial charge on any atom is 0.240 e. The van der Waals surface area contributed by atoms with E-state index in [4.69, 9.17) is 5.26 Å². The summed E-state index contributed by atoms with van der Waals surface area (Å²) in [6.45, 7) is 3.75. The van der Waals surface area contributed by atoms with Crippen molar-refractivity contribution >= 4 is 5.91 Å². The van der Waals surface area contributed by atoms with Crippen LogP contribution in [0.25, 0.3) is 0 Å². The second-order valence-corrected chi connectivity index (χ2v) is 4.73. The fourth-order valence-corrected chi connectivity index (χ4v) is 2.45. The molecule has 4 heteroatoms. The summed E-state index contributed by atoms with van der Waals surface area (Å²) < 4.78 is 0. The van der Waals surface area contributed by atoms with Crippen molar-refractivity contribution in [2.75, 3.05) is 13.1 Å². The molecule has 1 atom stereocenters. The van der Waals surface area contributed by atoms with Gasteiger partial charge in [0.25, 0.3) is 0 Å². The standard InChI is InChI=1S/C13H23N3O/c1-2-7-13(8-6-11-16-13)12(17)15-10-5-3-4-9-14/h16H,2-8,10-11H2,1H3,(H,15,17). The van der Waals surface area contributed by atoms with Gasteiger partial charge in [-0.3, -0.25) is 4.79 Å². The van der Waals surface area contributed by atoms with E-state index >= 15 is 0 Å². The van der Waals surface area contributed by atoms with Gasteiger partial charge in [0.2, 0.25) is 5.91 Å². The molecular formula is C13H23N3O. The molecule has 2 N–H and O–H groups in total. The zero-order valence-electron chi connectivity index (χ0n) is 10.7. The summed E-state index contributed by atoms with van der Waals surface area (Å²) in [6.07, 6.45) is 6.30. The van der Waals surface area contributed by atoms with Crippen molar-refractivity contribution in [1.82, 2.24) is 10.6 Å². The van der Waals surface area contributed by atoms with Gasteiger partial charge in [0.15, 0.2) is 0 Å². The molecule has 4 nitrogen and oxygen atoms in total. The lowest BCUT2D eigenvalue weighted by Crippen LogP contribution is -2.53. The lowest BCUT2D eigenvalue weighted by molar-refractivity contribution is -0.127. The number of amides is 1. The Morgan fingerprint density at radius 1 is 1.53 bits per heavy atom. The number of nitriles is 1. The maximum absolute atomic E-state index is 12.2. The van der Waals surface area contributed by atoms with Gasteiger partial charge in [-0.05, 0) is 38.6 Å². The van der Waals surface area contributed by atoms with E-state index in [1.807, 2.05) is 0 Å². The third-order valence-electron chi connectivity index (χ3n) is 3.36. The average molecular weight is 237 g/mol. The molecule has 17 heavy (non-hydrogen) atoms. The average Bonchev–Trinajstić information content (AvgIpc) is 2.79. The van der Waals surface area contributed by atoms with E-state index in [1.165, 1.54) is 0 Å². The monoisotopic (exact) mass is 237 g/mol. The lowest BCUT2D eigenvalue weighted by atomic mass is 9.91. The topological polar surface area (TPSA) is 64.9 Å². The lowest BCUT2D eigenvalue weighted by Gasteiger charge is -2.27. The smallest absolute Gasteiger partial charge is 0.240 e. The molecule has 0 spiro atoms. The quantitative estimate of drug-likeness (QED) is 0.663. The molecule has 1 rings (SSSR count). The Kier molecular flexibility index (Phi) is 5.99. The molecule has 1 aliphatic rings. The van der Waals surface area contributed by atoms with Crippen molar-refractivity contribution in [3.63, 3.8) is 0 Å². The fourth-order valence-electron chi connectivity index (χ4n) is 2.45. The highest BCUT2D eigenvalue weighted by Gasteiger charge is 2.39. The summed E-state index contributed by atoms with van der Waals surface area (Å²) in [5.41, 5.74) is -0.315. The molecule has 0 bridgehead atoms. The molecule has 0 aromatic heterocycles. The number of carbonyl (C=O) groups excluding carboxylic acids is 1. The molecule has 1 fully saturated rings. The van der Waals surface area contributed by atoms with Crippen molar-refractivity contribution in [1.29, 1.82) is 5.26 Å². The molecule has 0 aromatic rings. The molecular weight excluding hydrogens is 214 g/mol. The van der Waals surface area contributed by atoms with E-state index in [0.29, 0.717) is 13.0 Å². The van der Waals surface area contributed by atoms with Crippen LogP contribution in [0.5, 0.6) is 0 Å². The zero-order chi connectivity index (χ0) is 12.6. The third-order valence-corrected chi connectivity index (χ3v) is 3.36. The van der Waals surface area contributed by atoms with Crippen molar-refractivity contribution in [3.8, 4) is 6.07 Å². The van der Waals surface area contributed by atoms with Crippen molar-refractivity contribution < 1.29 is 4.79 Å². The molecule has 1 unspecified atom stereocenters. The Hall–Kier alpha value is -1.08. The van der Waals surface area contributed by atoms with E-state index in [-0.39, 0.29) is 11.4 Å². The summed E-state index contributed by atoms with van der Waals surface area (Å²) >= 11 is 0. The first-order valence-corrected chi connectivity index (χ1v) is 6.65. The van der Waals surface area contributed by atoms with Crippen molar-refractivity contribution in [3.05, 3.63) is 0 Å². The van der Waals surface area contributed by atoms with E-state index in [1.54, 1.807) is 0 Å². The Morgan fingerprint density at radius 3 is 2.94 bits per heavy atom. The number of nitrogens with one attached hydrogen (secondary N) is 2. The summed E-state index contributed by atoms with van der Waals surface area (Å²) in [7, 11) is 0. The molecule has 96 valence electrons. The molecule has 1 amide bonds. The van der Waals surface area contributed by atoms with Gasteiger partial charge >= 0.3 is 0 Å². The van der Waals surface area contributed by atoms with Crippen LogP contribution in [0.15, 0.2) is 0 Å². The van der Waals surface area contributed by atoms with Crippen LogP contribution in [0, 0.1) is 11.3 Å². The van der Waals surface area contributed by atoms with Gasteiger partial charge in [0, 0.05) is 13.0 Å². The first kappa shape index (κ1) is 14.0. The van der Waals surface area contributed by atoms with Crippen LogP contribution >= 0.6 is 0 Å². The summed E-state index contributed by atoms with van der Waals surface area (Å²) in [5.74, 6) is 0.147. The predicted octanol–water partition coefficient (Wildman–Crippen LogP) is 1.72. The number of hydrogen-bond acceptors (Lipinski definition) is 3. The predicted molar refractivity (Wildman–Crippen MR) is 67.3 cm³/mol. The van der Waals surface area contributed by atoms with Gasteiger partial charge in [-0.15, -0.1) is 0 Å². The largest absolute Gasteiger partial charge is 0.354 e. The summed E-state index contributed by atoms with van der Waals surface area (Å²) in [4.78, 5) is 12.2. The molecule has 1 saturated heterocycles. The highest BCUT2D eigenvalue weighted by molar-refractivity contribution is 5.86. The van der Waals surface area contributed by atoms with E-state index in [0.717, 1.165) is 45.1 Å². The van der Waals surface area contributed by atoms with Gasteiger partial charge in [0.1, 0.15) is 0 Å². The maximum atomic E-state index is 12.2. The van der Waals surface area contributed by atoms with Crippen LogP contribution in [0.3, 0.4) is 0 Å². The first-order chi connectivity index (χ1) is 8.25. The number of hydrogen-bond donors (Lipinski definition) is 2. The molecule has 1 heterocycles. The molecule has 0 radical (unpaired) electrons. The Labute approximate surface area is 104 Å². The van der Waals surface area contributed by atoms with Gasteiger partial charge in [-0.25, -0.2) is 0 Å². The normalized spacial score (nSPS) is 23.3. The Bertz CT molecular complexity index is 277. The highest BCUT2D eigenvalue weighted by Crippen LogP contribution is 2.24. The molecule has 1 aliphatic heterocycles. The van der Waals surface area contributed by atoms with Crippen molar-refractivity contribution in [2.24, 2.45) is 0 Å². The zero-order valence-corrected chi connectivity index (χ0v) is 10.7. The fraction of sp³-hybridized carbons (Fsp3) is 0.846. The van der Waals surface area contributed by atoms with Crippen LogP contribution in [-0.4, -0.2) is 24.5 Å². The first-order valence-electron chi connectivity index (χ1n) is 6.65. The Balaban J connectivity index is 2.31. The number of rotatable bonds is 7. The number of carbonyl (C=O) groups is 1. The number of unbranched alkanes of at least 4 members (excludes halogenated alkanes) is 2. The SMILES string of the molecule is CCCC1(C(=O)NCCCCC#N)CCCN1. The minimum atomic E-state index is -0.315. The molecule has 0 saturated carbocycles. The van der Waals surface area contributed by atoms with Gasteiger partial charge in [-0.2, -0.15) is 5.26 Å². The molecule has 0 aromatic carbocycles. The van der Waals surface area contributed by atoms with E-state index < -0.39 is 0 Å². The van der Waals surface area contributed by atoms with Crippen LogP contribution in [0.4, 0.5) is 0 Å². The van der Waals surface area contributed by atoms with Gasteiger partial charge in [-0.1, -0.05) is 13.3 Å². The third kappa shape index (κ3) is 4.01. The van der Waals surface area contributed by atoms with Crippen LogP contribution in [0.2, 0.25) is 0 Å². The van der Waals surface area contributed by atoms with E-state index in [2.05, 4.69) is 23.6 Å². The van der Waals surface area contributed by atoms with Crippen molar-refractivity contribution in [2.45, 2.75) is 57.4 Å². The molecule has 0 aliphatic carbocycles.